The summed E-state index contributed by atoms with van der Waals surface area (Å²) in [4.78, 5) is 7.64. The molecule has 0 radical (unpaired) electrons. The van der Waals surface area contributed by atoms with Gasteiger partial charge in [-0.15, -0.1) is 0 Å². The van der Waals surface area contributed by atoms with E-state index in [0.717, 1.165) is 6.42 Å². The lowest BCUT2D eigenvalue weighted by molar-refractivity contribution is 0.0795. The molecule has 0 aliphatic heterocycles. The molecule has 0 aromatic carbocycles. The maximum Gasteiger partial charge on any atom is 0.217 e. The zero-order valence-corrected chi connectivity index (χ0v) is 9.94. The van der Waals surface area contributed by atoms with Gasteiger partial charge in [0.15, 0.2) is 0 Å². The van der Waals surface area contributed by atoms with E-state index in [1.807, 2.05) is 0 Å². The van der Waals surface area contributed by atoms with Crippen molar-refractivity contribution >= 4 is 11.6 Å². The fraction of sp³-hybridized carbons (Fsp3) is 0.600. The van der Waals surface area contributed by atoms with E-state index in [2.05, 4.69) is 9.97 Å². The average molecular weight is 247 g/mol. The summed E-state index contributed by atoms with van der Waals surface area (Å²) in [6, 6.07) is 1.56. The third-order valence-electron chi connectivity index (χ3n) is 1.72. The van der Waals surface area contributed by atoms with Crippen molar-refractivity contribution in [2.24, 2.45) is 0 Å². The standard InChI is InChI=1S/C10H15ClN2O3/c1-14-3-2-4-15-5-6-16-10-7-9(11)12-8-13-10/h7-8H,2-6H2,1H3. The van der Waals surface area contributed by atoms with Crippen LogP contribution < -0.4 is 4.74 Å². The van der Waals surface area contributed by atoms with Gasteiger partial charge in [0, 0.05) is 26.4 Å². The van der Waals surface area contributed by atoms with E-state index in [1.165, 1.54) is 6.33 Å². The van der Waals surface area contributed by atoms with Gasteiger partial charge in [-0.3, -0.25) is 0 Å². The van der Waals surface area contributed by atoms with Gasteiger partial charge in [0.25, 0.3) is 0 Å². The first-order valence-corrected chi connectivity index (χ1v) is 5.37. The molecule has 0 aliphatic rings. The van der Waals surface area contributed by atoms with Crippen molar-refractivity contribution in [1.29, 1.82) is 0 Å². The van der Waals surface area contributed by atoms with Gasteiger partial charge >= 0.3 is 0 Å². The third kappa shape index (κ3) is 5.85. The minimum atomic E-state index is 0.367. The van der Waals surface area contributed by atoms with Gasteiger partial charge in [0.05, 0.1) is 6.61 Å². The molecule has 0 N–H and O–H groups in total. The lowest BCUT2D eigenvalue weighted by atomic mass is 10.5. The smallest absolute Gasteiger partial charge is 0.217 e. The summed E-state index contributed by atoms with van der Waals surface area (Å²) >= 11 is 5.67. The molecule has 0 atom stereocenters. The normalized spacial score (nSPS) is 10.4. The highest BCUT2D eigenvalue weighted by Gasteiger charge is 1.97. The Bertz CT molecular complexity index is 299. The molecule has 0 spiro atoms. The number of ether oxygens (including phenoxy) is 3. The Kier molecular flexibility index (Phi) is 6.80. The number of hydrogen-bond acceptors (Lipinski definition) is 5. The highest BCUT2D eigenvalue weighted by atomic mass is 35.5. The molecule has 1 heterocycles. The predicted octanol–water partition coefficient (Wildman–Crippen LogP) is 1.56. The van der Waals surface area contributed by atoms with Crippen molar-refractivity contribution in [2.45, 2.75) is 6.42 Å². The molecule has 0 bridgehead atoms. The van der Waals surface area contributed by atoms with Crippen molar-refractivity contribution in [3.05, 3.63) is 17.5 Å². The first-order chi connectivity index (χ1) is 7.83. The molecule has 0 saturated carbocycles. The van der Waals surface area contributed by atoms with Gasteiger partial charge in [0.2, 0.25) is 5.88 Å². The predicted molar refractivity (Wildman–Crippen MR) is 59.8 cm³/mol. The molecule has 90 valence electrons. The largest absolute Gasteiger partial charge is 0.475 e. The van der Waals surface area contributed by atoms with Crippen molar-refractivity contribution in [2.75, 3.05) is 33.5 Å². The van der Waals surface area contributed by atoms with E-state index in [1.54, 1.807) is 13.2 Å². The molecule has 0 unspecified atom stereocenters. The van der Waals surface area contributed by atoms with Crippen LogP contribution in [0.4, 0.5) is 0 Å². The molecule has 5 nitrogen and oxygen atoms in total. The van der Waals surface area contributed by atoms with E-state index in [0.29, 0.717) is 37.5 Å². The Labute approximate surface area is 99.7 Å². The van der Waals surface area contributed by atoms with E-state index >= 15 is 0 Å². The van der Waals surface area contributed by atoms with Crippen molar-refractivity contribution in [3.8, 4) is 5.88 Å². The average Bonchev–Trinajstić information content (AvgIpc) is 2.28. The van der Waals surface area contributed by atoms with E-state index < -0.39 is 0 Å². The Hall–Kier alpha value is -0.910. The quantitative estimate of drug-likeness (QED) is 0.515. The summed E-state index contributed by atoms with van der Waals surface area (Å²) in [6.07, 6.45) is 2.24. The summed E-state index contributed by atoms with van der Waals surface area (Å²) in [5, 5.41) is 0.367. The molecular formula is C10H15ClN2O3. The summed E-state index contributed by atoms with van der Waals surface area (Å²) < 4.78 is 15.5. The molecule has 0 amide bonds. The Morgan fingerprint density at radius 1 is 1.19 bits per heavy atom. The van der Waals surface area contributed by atoms with Gasteiger partial charge < -0.3 is 14.2 Å². The third-order valence-corrected chi connectivity index (χ3v) is 1.93. The first kappa shape index (κ1) is 13.2. The molecule has 0 aliphatic carbocycles. The van der Waals surface area contributed by atoms with Crippen LogP contribution in [0.2, 0.25) is 5.15 Å². The summed E-state index contributed by atoms with van der Waals surface area (Å²) in [5.74, 6) is 0.459. The van der Waals surface area contributed by atoms with Crippen molar-refractivity contribution < 1.29 is 14.2 Å². The van der Waals surface area contributed by atoms with Gasteiger partial charge in [-0.05, 0) is 6.42 Å². The van der Waals surface area contributed by atoms with Crippen LogP contribution in [0.3, 0.4) is 0 Å². The molecule has 0 saturated heterocycles. The number of aromatic nitrogens is 2. The topological polar surface area (TPSA) is 53.5 Å². The number of nitrogens with zero attached hydrogens (tertiary/aromatic N) is 2. The van der Waals surface area contributed by atoms with Gasteiger partial charge in [-0.25, -0.2) is 9.97 Å². The highest BCUT2D eigenvalue weighted by Crippen LogP contribution is 2.10. The summed E-state index contributed by atoms with van der Waals surface area (Å²) in [7, 11) is 1.67. The maximum absolute atomic E-state index is 5.67. The molecule has 1 aromatic heterocycles. The molecule has 1 aromatic rings. The molecular weight excluding hydrogens is 232 g/mol. The second-order valence-corrected chi connectivity index (χ2v) is 3.37. The van der Waals surface area contributed by atoms with Crippen LogP contribution in [0.25, 0.3) is 0 Å². The Morgan fingerprint density at radius 3 is 2.81 bits per heavy atom. The highest BCUT2D eigenvalue weighted by molar-refractivity contribution is 6.29. The molecule has 16 heavy (non-hydrogen) atoms. The minimum Gasteiger partial charge on any atom is -0.475 e. The van der Waals surface area contributed by atoms with Crippen LogP contribution in [0.15, 0.2) is 12.4 Å². The molecule has 0 fully saturated rings. The zero-order chi connectivity index (χ0) is 11.6. The summed E-state index contributed by atoms with van der Waals surface area (Å²) in [6.45, 7) is 2.34. The number of halogens is 1. The van der Waals surface area contributed by atoms with Crippen LogP contribution in [-0.2, 0) is 9.47 Å². The molecule has 1 rings (SSSR count). The number of hydrogen-bond donors (Lipinski definition) is 0. The fourth-order valence-electron chi connectivity index (χ4n) is 1.01. The van der Waals surface area contributed by atoms with E-state index in [-0.39, 0.29) is 0 Å². The van der Waals surface area contributed by atoms with Crippen LogP contribution in [-0.4, -0.2) is 43.5 Å². The maximum atomic E-state index is 5.67. The minimum absolute atomic E-state index is 0.367. The van der Waals surface area contributed by atoms with Gasteiger partial charge in [0.1, 0.15) is 18.1 Å². The monoisotopic (exact) mass is 246 g/mol. The van der Waals surface area contributed by atoms with Crippen LogP contribution in [0, 0.1) is 0 Å². The fourth-order valence-corrected chi connectivity index (χ4v) is 1.15. The van der Waals surface area contributed by atoms with Crippen molar-refractivity contribution in [3.63, 3.8) is 0 Å². The lowest BCUT2D eigenvalue weighted by Crippen LogP contribution is -2.09. The lowest BCUT2D eigenvalue weighted by Gasteiger charge is -2.05. The van der Waals surface area contributed by atoms with Crippen LogP contribution in [0.5, 0.6) is 5.88 Å². The number of methoxy groups -OCH3 is 1. The molecule has 6 heteroatoms. The van der Waals surface area contributed by atoms with E-state index in [4.69, 9.17) is 25.8 Å². The van der Waals surface area contributed by atoms with Crippen LogP contribution in [0.1, 0.15) is 6.42 Å². The second kappa shape index (κ2) is 8.27. The van der Waals surface area contributed by atoms with Gasteiger partial charge in [-0.2, -0.15) is 0 Å². The Balaban J connectivity index is 2.03. The van der Waals surface area contributed by atoms with Crippen LogP contribution >= 0.6 is 11.6 Å². The Morgan fingerprint density at radius 2 is 2.06 bits per heavy atom. The van der Waals surface area contributed by atoms with Gasteiger partial charge in [-0.1, -0.05) is 11.6 Å². The first-order valence-electron chi connectivity index (χ1n) is 5.00. The number of rotatable bonds is 8. The SMILES string of the molecule is COCCCOCCOc1cc(Cl)ncn1. The second-order valence-electron chi connectivity index (χ2n) is 2.99. The van der Waals surface area contributed by atoms with E-state index in [9.17, 15) is 0 Å². The summed E-state index contributed by atoms with van der Waals surface area (Å²) in [5.41, 5.74) is 0. The van der Waals surface area contributed by atoms with Crippen molar-refractivity contribution in [1.82, 2.24) is 9.97 Å². The zero-order valence-electron chi connectivity index (χ0n) is 9.19.